The highest BCUT2D eigenvalue weighted by molar-refractivity contribution is 5.44. The van der Waals surface area contributed by atoms with Crippen molar-refractivity contribution in [2.45, 2.75) is 32.9 Å². The number of fused-ring (bicyclic) bond motifs is 1. The average Bonchev–Trinajstić information content (AvgIpc) is 2.68. The highest BCUT2D eigenvalue weighted by atomic mass is 16.6. The van der Waals surface area contributed by atoms with E-state index in [2.05, 4.69) is 60.4 Å². The van der Waals surface area contributed by atoms with Crippen LogP contribution in [-0.2, 0) is 6.54 Å². The lowest BCUT2D eigenvalue weighted by Gasteiger charge is -2.22. The molecule has 1 N–H and O–H groups in total. The first-order chi connectivity index (χ1) is 12.2. The lowest BCUT2D eigenvalue weighted by atomic mass is 10.0. The number of aromatic nitrogens is 1. The summed E-state index contributed by atoms with van der Waals surface area (Å²) in [5.74, 6) is 2.69. The van der Waals surface area contributed by atoms with Gasteiger partial charge in [0.15, 0.2) is 11.5 Å². The number of nitrogens with zero attached hydrogens (tertiary/aromatic N) is 2. The number of hydrogen-bond donors (Lipinski definition) is 1. The van der Waals surface area contributed by atoms with E-state index >= 15 is 0 Å². The molecule has 1 aromatic heterocycles. The molecule has 134 valence electrons. The van der Waals surface area contributed by atoms with Gasteiger partial charge in [-0.3, -0.25) is 0 Å². The van der Waals surface area contributed by atoms with Crippen molar-refractivity contribution in [1.29, 1.82) is 0 Å². The Morgan fingerprint density at radius 2 is 1.92 bits per heavy atom. The Labute approximate surface area is 150 Å². The zero-order valence-electron chi connectivity index (χ0n) is 15.3. The van der Waals surface area contributed by atoms with Crippen molar-refractivity contribution < 1.29 is 9.47 Å². The molecule has 5 nitrogen and oxygen atoms in total. The van der Waals surface area contributed by atoms with E-state index in [1.165, 1.54) is 11.1 Å². The Morgan fingerprint density at radius 1 is 1.12 bits per heavy atom. The molecule has 1 atom stereocenters. The van der Waals surface area contributed by atoms with Gasteiger partial charge in [-0.15, -0.1) is 0 Å². The van der Waals surface area contributed by atoms with Crippen molar-refractivity contribution in [3.05, 3.63) is 47.7 Å². The van der Waals surface area contributed by atoms with Crippen LogP contribution in [0.3, 0.4) is 0 Å². The van der Waals surface area contributed by atoms with Crippen molar-refractivity contribution in [2.75, 3.05) is 31.7 Å². The Balaban J connectivity index is 1.64. The second-order valence-corrected chi connectivity index (χ2v) is 6.28. The quantitative estimate of drug-likeness (QED) is 0.834. The van der Waals surface area contributed by atoms with E-state index in [1.54, 1.807) is 0 Å². The van der Waals surface area contributed by atoms with Gasteiger partial charge in [0.25, 0.3) is 0 Å². The Morgan fingerprint density at radius 3 is 2.60 bits per heavy atom. The van der Waals surface area contributed by atoms with Gasteiger partial charge in [0.2, 0.25) is 0 Å². The van der Waals surface area contributed by atoms with Crippen molar-refractivity contribution >= 4 is 5.82 Å². The van der Waals surface area contributed by atoms with Gasteiger partial charge in [0, 0.05) is 32.4 Å². The predicted molar refractivity (Wildman–Crippen MR) is 100 cm³/mol. The molecule has 0 saturated heterocycles. The van der Waals surface area contributed by atoms with Crippen LogP contribution in [0.15, 0.2) is 36.5 Å². The Hall–Kier alpha value is -2.27. The van der Waals surface area contributed by atoms with Crippen LogP contribution in [0, 0.1) is 0 Å². The summed E-state index contributed by atoms with van der Waals surface area (Å²) in [4.78, 5) is 6.66. The van der Waals surface area contributed by atoms with Crippen LogP contribution >= 0.6 is 0 Å². The summed E-state index contributed by atoms with van der Waals surface area (Å²) >= 11 is 0. The third kappa shape index (κ3) is 4.23. The molecule has 0 amide bonds. The number of anilines is 1. The Bertz CT molecular complexity index is 688. The van der Waals surface area contributed by atoms with E-state index in [9.17, 15) is 0 Å². The van der Waals surface area contributed by atoms with Crippen LogP contribution < -0.4 is 19.7 Å². The fourth-order valence-electron chi connectivity index (χ4n) is 2.92. The fourth-order valence-corrected chi connectivity index (χ4v) is 2.92. The largest absolute Gasteiger partial charge is 0.486 e. The van der Waals surface area contributed by atoms with E-state index in [4.69, 9.17) is 9.47 Å². The molecular weight excluding hydrogens is 314 g/mol. The molecule has 0 spiro atoms. The number of hydrogen-bond acceptors (Lipinski definition) is 5. The second kappa shape index (κ2) is 8.21. The van der Waals surface area contributed by atoms with E-state index in [-0.39, 0.29) is 6.04 Å². The monoisotopic (exact) mass is 341 g/mol. The van der Waals surface area contributed by atoms with Crippen LogP contribution in [0.4, 0.5) is 5.82 Å². The van der Waals surface area contributed by atoms with E-state index in [0.717, 1.165) is 36.8 Å². The van der Waals surface area contributed by atoms with E-state index in [0.29, 0.717) is 13.2 Å². The van der Waals surface area contributed by atoms with Crippen molar-refractivity contribution in [1.82, 2.24) is 10.3 Å². The first-order valence-corrected chi connectivity index (χ1v) is 9.00. The van der Waals surface area contributed by atoms with Gasteiger partial charge >= 0.3 is 0 Å². The summed E-state index contributed by atoms with van der Waals surface area (Å²) in [5.41, 5.74) is 2.41. The molecule has 5 heteroatoms. The molecule has 1 aliphatic rings. The standard InChI is InChI=1S/C20H27N3O2/c1-4-17(16-7-8-18-19(12-16)25-11-10-24-18)21-13-15-6-9-20(22-14-15)23(3)5-2/h6-9,12,14,17,21H,4-5,10-11,13H2,1-3H3. The highest BCUT2D eigenvalue weighted by Crippen LogP contribution is 2.33. The normalized spacial score (nSPS) is 14.2. The van der Waals surface area contributed by atoms with Crippen LogP contribution in [0.5, 0.6) is 11.5 Å². The van der Waals surface area contributed by atoms with Crippen molar-refractivity contribution in [2.24, 2.45) is 0 Å². The lowest BCUT2D eigenvalue weighted by molar-refractivity contribution is 0.171. The minimum absolute atomic E-state index is 0.272. The second-order valence-electron chi connectivity index (χ2n) is 6.28. The fraction of sp³-hybridized carbons (Fsp3) is 0.450. The average molecular weight is 341 g/mol. The molecule has 0 aliphatic carbocycles. The van der Waals surface area contributed by atoms with Crippen LogP contribution in [0.2, 0.25) is 0 Å². The summed E-state index contributed by atoms with van der Waals surface area (Å²) < 4.78 is 11.3. The summed E-state index contributed by atoms with van der Waals surface area (Å²) in [6.45, 7) is 7.29. The molecule has 25 heavy (non-hydrogen) atoms. The SMILES string of the molecule is CCC(NCc1ccc(N(C)CC)nc1)c1ccc2c(c1)OCCO2. The molecule has 3 rings (SSSR count). The Kier molecular flexibility index (Phi) is 5.76. The molecule has 2 aromatic rings. The first-order valence-electron chi connectivity index (χ1n) is 9.00. The summed E-state index contributed by atoms with van der Waals surface area (Å²) in [5, 5.41) is 3.62. The number of ether oxygens (including phenoxy) is 2. The van der Waals surface area contributed by atoms with E-state index in [1.807, 2.05) is 12.3 Å². The summed E-state index contributed by atoms with van der Waals surface area (Å²) in [7, 11) is 2.05. The summed E-state index contributed by atoms with van der Waals surface area (Å²) in [6, 6.07) is 10.7. The maximum absolute atomic E-state index is 5.70. The molecule has 0 saturated carbocycles. The number of benzene rings is 1. The zero-order valence-corrected chi connectivity index (χ0v) is 15.3. The topological polar surface area (TPSA) is 46.6 Å². The number of rotatable bonds is 7. The molecule has 0 radical (unpaired) electrons. The minimum Gasteiger partial charge on any atom is -0.486 e. The van der Waals surface area contributed by atoms with Crippen LogP contribution in [-0.4, -0.2) is 31.8 Å². The molecule has 0 fully saturated rings. The zero-order chi connectivity index (χ0) is 17.6. The molecule has 1 unspecified atom stereocenters. The smallest absolute Gasteiger partial charge is 0.161 e. The summed E-state index contributed by atoms with van der Waals surface area (Å²) in [6.07, 6.45) is 2.95. The minimum atomic E-state index is 0.272. The third-order valence-electron chi connectivity index (χ3n) is 4.60. The maximum Gasteiger partial charge on any atom is 0.161 e. The van der Waals surface area contributed by atoms with Crippen LogP contribution in [0.1, 0.15) is 37.4 Å². The van der Waals surface area contributed by atoms with E-state index < -0.39 is 0 Å². The van der Waals surface area contributed by atoms with Gasteiger partial charge < -0.3 is 19.7 Å². The van der Waals surface area contributed by atoms with Crippen LogP contribution in [0.25, 0.3) is 0 Å². The van der Waals surface area contributed by atoms with Gasteiger partial charge in [-0.2, -0.15) is 0 Å². The van der Waals surface area contributed by atoms with Gasteiger partial charge in [-0.05, 0) is 42.7 Å². The molecule has 1 aliphatic heterocycles. The van der Waals surface area contributed by atoms with Crippen molar-refractivity contribution in [3.63, 3.8) is 0 Å². The third-order valence-corrected chi connectivity index (χ3v) is 4.60. The number of pyridine rings is 1. The molecule has 1 aromatic carbocycles. The first kappa shape index (κ1) is 17.5. The maximum atomic E-state index is 5.70. The molecule has 2 heterocycles. The van der Waals surface area contributed by atoms with Gasteiger partial charge in [0.05, 0.1) is 0 Å². The van der Waals surface area contributed by atoms with Gasteiger partial charge in [0.1, 0.15) is 19.0 Å². The van der Waals surface area contributed by atoms with Crippen molar-refractivity contribution in [3.8, 4) is 11.5 Å². The molecule has 0 bridgehead atoms. The highest BCUT2D eigenvalue weighted by Gasteiger charge is 2.16. The lowest BCUT2D eigenvalue weighted by Crippen LogP contribution is -2.22. The van der Waals surface area contributed by atoms with Gasteiger partial charge in [-0.1, -0.05) is 19.1 Å². The predicted octanol–water partition coefficient (Wildman–Crippen LogP) is 3.55. The molecular formula is C20H27N3O2. The van der Waals surface area contributed by atoms with Gasteiger partial charge in [-0.25, -0.2) is 4.98 Å². The number of nitrogens with one attached hydrogen (secondary N) is 1.